The zero-order chi connectivity index (χ0) is 16.1. The second kappa shape index (κ2) is 8.32. The van der Waals surface area contributed by atoms with Gasteiger partial charge in [0.1, 0.15) is 5.75 Å². The minimum atomic E-state index is 0.632. The summed E-state index contributed by atoms with van der Waals surface area (Å²) in [5, 5.41) is 0. The molecular formula is C20H28BrNO. The van der Waals surface area contributed by atoms with E-state index in [1.54, 1.807) is 7.11 Å². The molecule has 2 aliphatic carbocycles. The lowest BCUT2D eigenvalue weighted by Gasteiger charge is -2.20. The van der Waals surface area contributed by atoms with Crippen molar-refractivity contribution in [3.05, 3.63) is 28.2 Å². The van der Waals surface area contributed by atoms with Gasteiger partial charge < -0.3 is 4.74 Å². The Kier molecular flexibility index (Phi) is 6.15. The SMILES string of the molecule is COc1ccc(CCC2CCC/C2=N\C2CCCCC2)c(Br)c1. The summed E-state index contributed by atoms with van der Waals surface area (Å²) in [6, 6.07) is 6.95. The van der Waals surface area contributed by atoms with Gasteiger partial charge in [0.25, 0.3) is 0 Å². The average Bonchev–Trinajstić information content (AvgIpc) is 3.01. The Labute approximate surface area is 148 Å². The fourth-order valence-corrected chi connectivity index (χ4v) is 4.57. The van der Waals surface area contributed by atoms with Crippen molar-refractivity contribution < 1.29 is 4.74 Å². The second-order valence-electron chi connectivity index (χ2n) is 7.00. The smallest absolute Gasteiger partial charge is 0.120 e. The van der Waals surface area contributed by atoms with Crippen LogP contribution in [0.2, 0.25) is 0 Å². The van der Waals surface area contributed by atoms with Gasteiger partial charge in [0.05, 0.1) is 7.11 Å². The predicted molar refractivity (Wildman–Crippen MR) is 101 cm³/mol. The van der Waals surface area contributed by atoms with Gasteiger partial charge in [-0.1, -0.05) is 41.3 Å². The normalized spacial score (nSPS) is 24.3. The Balaban J connectivity index is 1.59. The molecule has 2 nitrogen and oxygen atoms in total. The van der Waals surface area contributed by atoms with Gasteiger partial charge in [-0.2, -0.15) is 0 Å². The molecule has 0 amide bonds. The van der Waals surface area contributed by atoms with Crippen molar-refractivity contribution in [2.75, 3.05) is 7.11 Å². The maximum absolute atomic E-state index is 5.28. The van der Waals surface area contributed by atoms with Crippen LogP contribution in [-0.4, -0.2) is 18.9 Å². The molecule has 1 atom stereocenters. The fraction of sp³-hybridized carbons (Fsp3) is 0.650. The van der Waals surface area contributed by atoms with Crippen LogP contribution in [0.5, 0.6) is 5.75 Å². The number of ether oxygens (including phenoxy) is 1. The van der Waals surface area contributed by atoms with Crippen LogP contribution in [0.15, 0.2) is 27.7 Å². The number of hydrogen-bond donors (Lipinski definition) is 0. The molecule has 2 aliphatic rings. The summed E-state index contributed by atoms with van der Waals surface area (Å²) in [5.74, 6) is 1.63. The lowest BCUT2D eigenvalue weighted by Crippen LogP contribution is -2.16. The largest absolute Gasteiger partial charge is 0.497 e. The van der Waals surface area contributed by atoms with Gasteiger partial charge in [0.2, 0.25) is 0 Å². The molecule has 126 valence electrons. The topological polar surface area (TPSA) is 21.6 Å². The van der Waals surface area contributed by atoms with Crippen molar-refractivity contribution in [2.24, 2.45) is 10.9 Å². The molecule has 1 aromatic rings. The number of aliphatic imine (C=N–C) groups is 1. The van der Waals surface area contributed by atoms with Crippen molar-refractivity contribution in [1.29, 1.82) is 0 Å². The van der Waals surface area contributed by atoms with Crippen LogP contribution in [0.3, 0.4) is 0 Å². The lowest BCUT2D eigenvalue weighted by molar-refractivity contribution is 0.414. The van der Waals surface area contributed by atoms with Crippen molar-refractivity contribution in [1.82, 2.24) is 0 Å². The number of rotatable bonds is 5. The summed E-state index contributed by atoms with van der Waals surface area (Å²) in [4.78, 5) is 5.16. The molecule has 1 aromatic carbocycles. The number of halogens is 1. The molecular weight excluding hydrogens is 350 g/mol. The molecule has 1 unspecified atom stereocenters. The third kappa shape index (κ3) is 4.59. The zero-order valence-electron chi connectivity index (χ0n) is 14.2. The van der Waals surface area contributed by atoms with E-state index in [4.69, 9.17) is 9.73 Å². The molecule has 23 heavy (non-hydrogen) atoms. The molecule has 0 heterocycles. The molecule has 2 saturated carbocycles. The monoisotopic (exact) mass is 377 g/mol. The molecule has 0 N–H and O–H groups in total. The van der Waals surface area contributed by atoms with E-state index in [1.807, 2.05) is 0 Å². The van der Waals surface area contributed by atoms with Crippen LogP contribution in [0.25, 0.3) is 0 Å². The first kappa shape index (κ1) is 17.0. The highest BCUT2D eigenvalue weighted by molar-refractivity contribution is 9.10. The van der Waals surface area contributed by atoms with E-state index in [9.17, 15) is 0 Å². The van der Waals surface area contributed by atoms with E-state index in [0.717, 1.165) is 12.2 Å². The van der Waals surface area contributed by atoms with Crippen molar-refractivity contribution in [3.8, 4) is 5.75 Å². The van der Waals surface area contributed by atoms with Gasteiger partial charge in [0, 0.05) is 16.2 Å². The van der Waals surface area contributed by atoms with E-state index in [0.29, 0.717) is 12.0 Å². The zero-order valence-corrected chi connectivity index (χ0v) is 15.8. The van der Waals surface area contributed by atoms with E-state index in [-0.39, 0.29) is 0 Å². The molecule has 3 heteroatoms. The minimum absolute atomic E-state index is 0.632. The third-order valence-corrected chi connectivity index (χ3v) is 6.14. The molecule has 0 saturated heterocycles. The summed E-state index contributed by atoms with van der Waals surface area (Å²) >= 11 is 3.68. The van der Waals surface area contributed by atoms with Crippen LogP contribution in [0, 0.1) is 5.92 Å². The first-order valence-corrected chi connectivity index (χ1v) is 9.94. The van der Waals surface area contributed by atoms with Crippen LogP contribution in [0.1, 0.15) is 63.4 Å². The molecule has 2 fully saturated rings. The Bertz CT molecular complexity index is 549. The van der Waals surface area contributed by atoms with Gasteiger partial charge in [0.15, 0.2) is 0 Å². The molecule has 0 aromatic heterocycles. The average molecular weight is 378 g/mol. The van der Waals surface area contributed by atoms with Gasteiger partial charge in [-0.15, -0.1) is 0 Å². The Morgan fingerprint density at radius 1 is 1.13 bits per heavy atom. The molecule has 0 aliphatic heterocycles. The predicted octanol–water partition coefficient (Wildman–Crippen LogP) is 5.96. The third-order valence-electron chi connectivity index (χ3n) is 5.40. The molecule has 0 spiro atoms. The standard InChI is InChI=1S/C20H28BrNO/c1-23-18-13-12-15(19(21)14-18)10-11-16-6-5-9-20(16)22-17-7-3-2-4-8-17/h12-14,16-17H,2-11H2,1H3/b22-20+. The molecule has 0 bridgehead atoms. The summed E-state index contributed by atoms with van der Waals surface area (Å²) in [5.41, 5.74) is 2.91. The van der Waals surface area contributed by atoms with E-state index in [1.165, 1.54) is 73.5 Å². The molecule has 3 rings (SSSR count). The van der Waals surface area contributed by atoms with Crippen LogP contribution >= 0.6 is 15.9 Å². The van der Waals surface area contributed by atoms with Crippen LogP contribution in [0.4, 0.5) is 0 Å². The first-order valence-electron chi connectivity index (χ1n) is 9.15. The van der Waals surface area contributed by atoms with Gasteiger partial charge in [-0.25, -0.2) is 0 Å². The summed E-state index contributed by atoms with van der Waals surface area (Å²) in [6.45, 7) is 0. The maximum Gasteiger partial charge on any atom is 0.120 e. The van der Waals surface area contributed by atoms with E-state index >= 15 is 0 Å². The van der Waals surface area contributed by atoms with Crippen LogP contribution in [-0.2, 0) is 6.42 Å². The number of aryl methyl sites for hydroxylation is 1. The minimum Gasteiger partial charge on any atom is -0.497 e. The number of hydrogen-bond acceptors (Lipinski definition) is 2. The second-order valence-corrected chi connectivity index (χ2v) is 7.85. The quantitative estimate of drug-likeness (QED) is 0.619. The molecule has 0 radical (unpaired) electrons. The van der Waals surface area contributed by atoms with Crippen molar-refractivity contribution in [3.63, 3.8) is 0 Å². The van der Waals surface area contributed by atoms with Crippen molar-refractivity contribution >= 4 is 21.6 Å². The number of nitrogens with zero attached hydrogens (tertiary/aromatic N) is 1. The Morgan fingerprint density at radius 2 is 1.96 bits per heavy atom. The maximum atomic E-state index is 5.28. The highest BCUT2D eigenvalue weighted by Gasteiger charge is 2.24. The number of methoxy groups -OCH3 is 1. The highest BCUT2D eigenvalue weighted by atomic mass is 79.9. The summed E-state index contributed by atoms with van der Waals surface area (Å²) < 4.78 is 6.45. The Hall–Kier alpha value is -0.830. The lowest BCUT2D eigenvalue weighted by atomic mass is 9.94. The van der Waals surface area contributed by atoms with Gasteiger partial charge in [-0.3, -0.25) is 4.99 Å². The van der Waals surface area contributed by atoms with Gasteiger partial charge >= 0.3 is 0 Å². The van der Waals surface area contributed by atoms with Crippen LogP contribution < -0.4 is 4.74 Å². The number of benzene rings is 1. The van der Waals surface area contributed by atoms with E-state index < -0.39 is 0 Å². The summed E-state index contributed by atoms with van der Waals surface area (Å²) in [7, 11) is 1.72. The van der Waals surface area contributed by atoms with E-state index in [2.05, 4.69) is 34.1 Å². The fourth-order valence-electron chi connectivity index (χ4n) is 4.01. The van der Waals surface area contributed by atoms with Crippen molar-refractivity contribution in [2.45, 2.75) is 70.3 Å². The summed E-state index contributed by atoms with van der Waals surface area (Å²) in [6.07, 6.45) is 13.1. The highest BCUT2D eigenvalue weighted by Crippen LogP contribution is 2.31. The van der Waals surface area contributed by atoms with Gasteiger partial charge in [-0.05, 0) is 68.6 Å². The first-order chi connectivity index (χ1) is 11.3. The Morgan fingerprint density at radius 3 is 2.70 bits per heavy atom.